The molecule has 2 saturated heterocycles. The van der Waals surface area contributed by atoms with Crippen LogP contribution >= 0.6 is 0 Å². The highest BCUT2D eigenvalue weighted by molar-refractivity contribution is 5.89. The van der Waals surface area contributed by atoms with Gasteiger partial charge in [-0.25, -0.2) is 4.79 Å². The zero-order valence-electron chi connectivity index (χ0n) is 31.7. The fraction of sp³-hybridized carbons (Fsp3) is 0.711. The summed E-state index contributed by atoms with van der Waals surface area (Å²) in [6.45, 7) is 11.4. The van der Waals surface area contributed by atoms with Gasteiger partial charge in [-0.2, -0.15) is 0 Å². The zero-order chi connectivity index (χ0) is 37.8. The average molecular weight is 716 g/mol. The summed E-state index contributed by atoms with van der Waals surface area (Å²) < 4.78 is 11.8. The number of rotatable bonds is 19. The van der Waals surface area contributed by atoms with Gasteiger partial charge in [-0.1, -0.05) is 71.4 Å². The van der Waals surface area contributed by atoms with Crippen molar-refractivity contribution in [3.63, 3.8) is 0 Å². The molecular formula is C38H61N5O8. The first kappa shape index (κ1) is 41.9. The number of methoxy groups -OCH3 is 2. The zero-order valence-corrected chi connectivity index (χ0v) is 31.7. The molecule has 0 bridgehead atoms. The van der Waals surface area contributed by atoms with E-state index >= 15 is 0 Å². The minimum Gasteiger partial charge on any atom is -0.480 e. The Hall–Kier alpha value is -3.55. The van der Waals surface area contributed by atoms with E-state index in [2.05, 4.69) is 16.0 Å². The molecule has 0 aromatic heterocycles. The Morgan fingerprint density at radius 3 is 2.25 bits per heavy atom. The molecule has 0 aliphatic carbocycles. The number of hydrogen-bond donors (Lipinski definition) is 4. The van der Waals surface area contributed by atoms with Crippen LogP contribution in [0.4, 0.5) is 0 Å². The summed E-state index contributed by atoms with van der Waals surface area (Å²) in [7, 11) is 4.76. The molecule has 9 atom stereocenters. The summed E-state index contributed by atoms with van der Waals surface area (Å²) in [5, 5.41) is 18.7. The maximum atomic E-state index is 14.1. The molecule has 2 unspecified atom stereocenters. The van der Waals surface area contributed by atoms with Crippen LogP contribution in [-0.4, -0.2) is 122 Å². The maximum absolute atomic E-state index is 14.1. The molecule has 2 aliphatic heterocycles. The van der Waals surface area contributed by atoms with Crippen LogP contribution in [0.25, 0.3) is 0 Å². The summed E-state index contributed by atoms with van der Waals surface area (Å²) in [5.74, 6) is -3.24. The number of nitrogens with one attached hydrogen (secondary N) is 3. The van der Waals surface area contributed by atoms with E-state index in [1.54, 1.807) is 30.9 Å². The number of benzene rings is 1. The number of likely N-dealkylation sites (tertiary alicyclic amines) is 1. The van der Waals surface area contributed by atoms with Gasteiger partial charge in [-0.05, 0) is 43.2 Å². The molecular weight excluding hydrogens is 654 g/mol. The molecule has 51 heavy (non-hydrogen) atoms. The van der Waals surface area contributed by atoms with Crippen LogP contribution in [0, 0.1) is 23.7 Å². The number of hydrogen-bond acceptors (Lipinski definition) is 8. The van der Waals surface area contributed by atoms with Crippen LogP contribution in [0.3, 0.4) is 0 Å². The minimum atomic E-state index is -1.14. The minimum absolute atomic E-state index is 0.00124. The maximum Gasteiger partial charge on any atom is 0.326 e. The Kier molecular flexibility index (Phi) is 16.3. The molecule has 3 rings (SSSR count). The lowest BCUT2D eigenvalue weighted by Crippen LogP contribution is -2.58. The number of carboxylic acids is 1. The summed E-state index contributed by atoms with van der Waals surface area (Å²) in [5.41, 5.74) is 0.788. The summed E-state index contributed by atoms with van der Waals surface area (Å²) in [4.78, 5) is 70.1. The van der Waals surface area contributed by atoms with E-state index in [9.17, 15) is 29.1 Å². The molecule has 4 N–H and O–H groups in total. The molecule has 2 fully saturated rings. The van der Waals surface area contributed by atoms with Crippen molar-refractivity contribution in [1.82, 2.24) is 25.8 Å². The van der Waals surface area contributed by atoms with Crippen LogP contribution in [-0.2, 0) is 39.9 Å². The first-order chi connectivity index (χ1) is 24.2. The quantitative estimate of drug-likeness (QED) is 0.168. The number of amides is 4. The smallest absolute Gasteiger partial charge is 0.326 e. The lowest BCUT2D eigenvalue weighted by atomic mass is 9.89. The number of nitrogens with zero attached hydrogens (tertiary/aromatic N) is 2. The van der Waals surface area contributed by atoms with Gasteiger partial charge in [-0.3, -0.25) is 19.2 Å². The van der Waals surface area contributed by atoms with Crippen molar-refractivity contribution in [2.75, 3.05) is 40.9 Å². The number of carbonyl (C=O) groups excluding carboxylic acids is 4. The number of ether oxygens (including phenoxy) is 2. The van der Waals surface area contributed by atoms with Crippen LogP contribution in [0.1, 0.15) is 72.3 Å². The van der Waals surface area contributed by atoms with Crippen LogP contribution in [0.5, 0.6) is 0 Å². The lowest BCUT2D eigenvalue weighted by molar-refractivity contribution is -0.148. The van der Waals surface area contributed by atoms with Crippen molar-refractivity contribution in [3.8, 4) is 0 Å². The SMILES string of the molecule is CC[C@H](C)C([C@@H](CC(=O)N1CCC[C@H]1[C@H](OC)[C@@H](C)C(=O)NC(Cc1ccccc1)C(=O)O)OC)N(C)C(=O)[C@@H](NC(=O)[C@@H]1CCNC1)C(C)C. The number of aliphatic carboxylic acids is 1. The van der Waals surface area contributed by atoms with Gasteiger partial charge in [0, 0.05) is 40.8 Å². The van der Waals surface area contributed by atoms with Gasteiger partial charge in [0.25, 0.3) is 0 Å². The van der Waals surface area contributed by atoms with Crippen molar-refractivity contribution < 1.29 is 38.6 Å². The van der Waals surface area contributed by atoms with Crippen LogP contribution < -0.4 is 16.0 Å². The average Bonchev–Trinajstić information content (AvgIpc) is 3.83. The topological polar surface area (TPSA) is 167 Å². The third kappa shape index (κ3) is 11.0. The Morgan fingerprint density at radius 1 is 1.02 bits per heavy atom. The van der Waals surface area contributed by atoms with Crippen molar-refractivity contribution in [2.24, 2.45) is 23.7 Å². The molecule has 286 valence electrons. The lowest BCUT2D eigenvalue weighted by Gasteiger charge is -2.41. The van der Waals surface area contributed by atoms with E-state index < -0.39 is 54.2 Å². The van der Waals surface area contributed by atoms with Crippen molar-refractivity contribution >= 4 is 29.6 Å². The second kappa shape index (κ2) is 19.9. The molecule has 0 spiro atoms. The van der Waals surface area contributed by atoms with Crippen molar-refractivity contribution in [3.05, 3.63) is 35.9 Å². The third-order valence-corrected chi connectivity index (χ3v) is 10.8. The monoisotopic (exact) mass is 715 g/mol. The van der Waals surface area contributed by atoms with E-state index in [1.807, 2.05) is 58.0 Å². The van der Waals surface area contributed by atoms with Gasteiger partial charge in [0.2, 0.25) is 23.6 Å². The molecule has 0 saturated carbocycles. The number of carbonyl (C=O) groups is 5. The number of likely N-dealkylation sites (N-methyl/N-ethyl adjacent to an activating group) is 1. The first-order valence-corrected chi connectivity index (χ1v) is 18.4. The van der Waals surface area contributed by atoms with E-state index in [0.29, 0.717) is 25.9 Å². The Labute approximate surface area is 303 Å². The van der Waals surface area contributed by atoms with Crippen LogP contribution in [0.2, 0.25) is 0 Å². The van der Waals surface area contributed by atoms with E-state index in [1.165, 1.54) is 7.11 Å². The van der Waals surface area contributed by atoms with Gasteiger partial charge < -0.3 is 40.3 Å². The molecule has 2 aliphatic rings. The van der Waals surface area contributed by atoms with Gasteiger partial charge in [0.15, 0.2) is 0 Å². The fourth-order valence-corrected chi connectivity index (χ4v) is 7.54. The van der Waals surface area contributed by atoms with E-state index in [0.717, 1.165) is 24.9 Å². The van der Waals surface area contributed by atoms with Crippen molar-refractivity contribution in [1.29, 1.82) is 0 Å². The molecule has 2 heterocycles. The highest BCUT2D eigenvalue weighted by atomic mass is 16.5. The molecule has 0 radical (unpaired) electrons. The highest BCUT2D eigenvalue weighted by Gasteiger charge is 2.43. The van der Waals surface area contributed by atoms with E-state index in [4.69, 9.17) is 9.47 Å². The Morgan fingerprint density at radius 2 is 1.71 bits per heavy atom. The first-order valence-electron chi connectivity index (χ1n) is 18.4. The Bertz CT molecular complexity index is 1310. The van der Waals surface area contributed by atoms with Gasteiger partial charge in [0.1, 0.15) is 12.1 Å². The predicted molar refractivity (Wildman–Crippen MR) is 194 cm³/mol. The third-order valence-electron chi connectivity index (χ3n) is 10.8. The van der Waals surface area contributed by atoms with Gasteiger partial charge >= 0.3 is 5.97 Å². The molecule has 4 amide bonds. The predicted octanol–water partition coefficient (Wildman–Crippen LogP) is 2.47. The van der Waals surface area contributed by atoms with Crippen LogP contribution in [0.15, 0.2) is 30.3 Å². The molecule has 13 heteroatoms. The largest absolute Gasteiger partial charge is 0.480 e. The Balaban J connectivity index is 1.74. The van der Waals surface area contributed by atoms with Gasteiger partial charge in [0.05, 0.1) is 42.5 Å². The highest BCUT2D eigenvalue weighted by Crippen LogP contribution is 2.30. The second-order valence-corrected chi connectivity index (χ2v) is 14.6. The van der Waals surface area contributed by atoms with Gasteiger partial charge in [-0.15, -0.1) is 0 Å². The summed E-state index contributed by atoms with van der Waals surface area (Å²) in [6.07, 6.45) is 1.61. The molecule has 13 nitrogen and oxygen atoms in total. The second-order valence-electron chi connectivity index (χ2n) is 14.6. The summed E-state index contributed by atoms with van der Waals surface area (Å²) in [6, 6.07) is 6.39. The molecule has 1 aromatic rings. The standard InChI is InChI=1S/C38H61N5O8/c1-9-24(4)33(42(6)37(47)32(23(2)3)41-36(46)27-17-18-39-22-27)30(50-7)21-31(44)43-19-13-16-29(43)34(51-8)25(5)35(45)40-28(38(48)49)20-26-14-11-10-12-15-26/h10-12,14-15,23-25,27-30,32-34,39H,9,13,16-22H2,1-8H3,(H,40,45)(H,41,46)(H,48,49)/t24-,25+,27+,28?,29-,30+,32-,33?,34+/m0/s1. The van der Waals surface area contributed by atoms with E-state index in [-0.39, 0.29) is 48.3 Å². The summed E-state index contributed by atoms with van der Waals surface area (Å²) >= 11 is 0. The fourth-order valence-electron chi connectivity index (χ4n) is 7.54. The number of carboxylic acid groups (broad SMARTS) is 1. The normalized spacial score (nSPS) is 21.6. The van der Waals surface area contributed by atoms with Crippen molar-refractivity contribution in [2.45, 2.75) is 110 Å². The molecule has 1 aromatic carbocycles.